The third-order valence-electron chi connectivity index (χ3n) is 7.12. The molecule has 172 valence electrons. The normalized spacial score (nSPS) is 20.7. The number of hydrogen-bond acceptors (Lipinski definition) is 7. The number of rotatable bonds is 5. The topological polar surface area (TPSA) is 85.2 Å². The molecule has 0 bridgehead atoms. The lowest BCUT2D eigenvalue weighted by Gasteiger charge is -2.34. The molecule has 1 atom stereocenters. The summed E-state index contributed by atoms with van der Waals surface area (Å²) in [7, 11) is 0. The zero-order chi connectivity index (χ0) is 22.4. The van der Waals surface area contributed by atoms with E-state index in [0.29, 0.717) is 35.7 Å². The molecule has 0 saturated carbocycles. The van der Waals surface area contributed by atoms with E-state index in [1.54, 1.807) is 10.6 Å². The summed E-state index contributed by atoms with van der Waals surface area (Å²) >= 11 is 0. The Morgan fingerprint density at radius 1 is 1.18 bits per heavy atom. The minimum Gasteiger partial charge on any atom is -0.477 e. The van der Waals surface area contributed by atoms with E-state index in [4.69, 9.17) is 4.74 Å². The smallest absolute Gasteiger partial charge is 0.269 e. The van der Waals surface area contributed by atoms with Gasteiger partial charge in [0.15, 0.2) is 0 Å². The average Bonchev–Trinajstić information content (AvgIpc) is 3.23. The molecule has 5 heterocycles. The number of likely N-dealkylation sites (tertiary alicyclic amines) is 1. The maximum absolute atomic E-state index is 14.7. The fraction of sp³-hybridized carbons (Fsp3) is 0.500. The summed E-state index contributed by atoms with van der Waals surface area (Å²) in [6.45, 7) is 4.49. The lowest BCUT2D eigenvalue weighted by Crippen LogP contribution is -2.43. The highest BCUT2D eigenvalue weighted by molar-refractivity contribution is 5.80. The highest BCUT2D eigenvalue weighted by Gasteiger charge is 2.31. The van der Waals surface area contributed by atoms with Crippen LogP contribution in [-0.4, -0.2) is 56.7 Å². The van der Waals surface area contributed by atoms with Crippen LogP contribution in [0.3, 0.4) is 0 Å². The number of aryl methyl sites for hydroxylation is 1. The average molecular weight is 451 g/mol. The quantitative estimate of drug-likeness (QED) is 0.636. The van der Waals surface area contributed by atoms with Crippen LogP contribution >= 0.6 is 0 Å². The van der Waals surface area contributed by atoms with Gasteiger partial charge in [-0.1, -0.05) is 0 Å². The molecular weight excluding hydrogens is 423 g/mol. The molecule has 3 aliphatic heterocycles. The van der Waals surface area contributed by atoms with E-state index < -0.39 is 0 Å². The first kappa shape index (κ1) is 20.7. The third kappa shape index (κ3) is 3.89. The molecule has 6 rings (SSSR count). The van der Waals surface area contributed by atoms with Gasteiger partial charge in [0.25, 0.3) is 5.56 Å². The van der Waals surface area contributed by atoms with Gasteiger partial charge < -0.3 is 19.5 Å². The van der Waals surface area contributed by atoms with Crippen molar-refractivity contribution in [3.05, 3.63) is 57.6 Å². The van der Waals surface area contributed by atoms with E-state index in [1.807, 2.05) is 6.20 Å². The van der Waals surface area contributed by atoms with Crippen LogP contribution in [0.4, 0.5) is 4.39 Å². The molecule has 1 fully saturated rings. The van der Waals surface area contributed by atoms with Crippen LogP contribution in [0.5, 0.6) is 5.88 Å². The Morgan fingerprint density at radius 3 is 2.94 bits per heavy atom. The zero-order valence-corrected chi connectivity index (χ0v) is 18.5. The summed E-state index contributed by atoms with van der Waals surface area (Å²) < 4.78 is 22.1. The number of aromatic nitrogens is 4. The van der Waals surface area contributed by atoms with Crippen LogP contribution < -0.4 is 15.6 Å². The summed E-state index contributed by atoms with van der Waals surface area (Å²) in [5.74, 6) is 1.23. The standard InChI is InChI=1S/C24H27FN6O2/c25-18-3-4-19-23-22(18)16(14-31(23)21(32)12-27-19)13-30-7-5-17(6-8-30)26-11-20-28-10-15-2-1-9-33-24(15)29-20/h3-4,10,12,16-17,26H,1-2,5-9,11,13-14H2. The summed E-state index contributed by atoms with van der Waals surface area (Å²) in [5, 5.41) is 3.58. The first-order valence-corrected chi connectivity index (χ1v) is 11.8. The molecular formula is C24H27FN6O2. The van der Waals surface area contributed by atoms with Crippen molar-refractivity contribution in [2.45, 2.75) is 50.7 Å². The number of fused-ring (bicyclic) bond motifs is 1. The predicted molar refractivity (Wildman–Crippen MR) is 121 cm³/mol. The summed E-state index contributed by atoms with van der Waals surface area (Å²) in [4.78, 5) is 27.9. The Hall–Kier alpha value is -2.91. The van der Waals surface area contributed by atoms with Crippen molar-refractivity contribution in [3.8, 4) is 5.88 Å². The number of nitrogens with one attached hydrogen (secondary N) is 1. The monoisotopic (exact) mass is 450 g/mol. The second kappa shape index (κ2) is 8.46. The molecule has 0 radical (unpaired) electrons. The molecule has 2 aromatic heterocycles. The van der Waals surface area contributed by atoms with E-state index in [2.05, 4.69) is 25.2 Å². The SMILES string of the molecule is O=c1cnc2ccc(F)c3c2n1CC3CN1CCC(NCc2ncc3c(n2)OCCC3)CC1. The highest BCUT2D eigenvalue weighted by atomic mass is 19.1. The molecule has 9 heteroatoms. The Kier molecular flexibility index (Phi) is 5.30. The second-order valence-electron chi connectivity index (χ2n) is 9.26. The van der Waals surface area contributed by atoms with Crippen molar-refractivity contribution in [2.75, 3.05) is 26.2 Å². The molecule has 0 amide bonds. The molecule has 1 unspecified atom stereocenters. The maximum Gasteiger partial charge on any atom is 0.269 e. The molecule has 1 N–H and O–H groups in total. The number of nitrogens with zero attached hydrogens (tertiary/aromatic N) is 5. The summed E-state index contributed by atoms with van der Waals surface area (Å²) in [6, 6.07) is 3.53. The third-order valence-corrected chi connectivity index (χ3v) is 7.12. The van der Waals surface area contributed by atoms with E-state index in [0.717, 1.165) is 69.2 Å². The van der Waals surface area contributed by atoms with Gasteiger partial charge in [-0.2, -0.15) is 4.98 Å². The van der Waals surface area contributed by atoms with Gasteiger partial charge in [0.1, 0.15) is 11.6 Å². The van der Waals surface area contributed by atoms with Crippen molar-refractivity contribution in [1.29, 1.82) is 0 Å². The molecule has 1 aromatic carbocycles. The minimum absolute atomic E-state index is 0.0287. The van der Waals surface area contributed by atoms with Gasteiger partial charge in [-0.15, -0.1) is 0 Å². The van der Waals surface area contributed by atoms with Crippen molar-refractivity contribution in [2.24, 2.45) is 0 Å². The minimum atomic E-state index is -0.239. The molecule has 3 aliphatic rings. The zero-order valence-electron chi connectivity index (χ0n) is 18.5. The van der Waals surface area contributed by atoms with Gasteiger partial charge >= 0.3 is 0 Å². The molecule has 0 spiro atoms. The van der Waals surface area contributed by atoms with Gasteiger partial charge in [0.05, 0.1) is 30.4 Å². The molecule has 0 aliphatic carbocycles. The second-order valence-corrected chi connectivity index (χ2v) is 9.26. The highest BCUT2D eigenvalue weighted by Crippen LogP contribution is 2.35. The largest absolute Gasteiger partial charge is 0.477 e. The molecule has 33 heavy (non-hydrogen) atoms. The Bertz CT molecular complexity index is 1250. The Balaban J connectivity index is 1.06. The van der Waals surface area contributed by atoms with Crippen molar-refractivity contribution >= 4 is 11.0 Å². The number of benzene rings is 1. The maximum atomic E-state index is 14.7. The van der Waals surface area contributed by atoms with Crippen LogP contribution in [0.1, 0.15) is 42.1 Å². The van der Waals surface area contributed by atoms with Crippen LogP contribution in [0.2, 0.25) is 0 Å². The fourth-order valence-electron chi connectivity index (χ4n) is 5.40. The van der Waals surface area contributed by atoms with Crippen LogP contribution in [0, 0.1) is 5.82 Å². The number of piperidine rings is 1. The number of hydrogen-bond donors (Lipinski definition) is 1. The van der Waals surface area contributed by atoms with E-state index >= 15 is 0 Å². The number of halogens is 1. The van der Waals surface area contributed by atoms with Crippen LogP contribution in [-0.2, 0) is 19.5 Å². The van der Waals surface area contributed by atoms with Crippen molar-refractivity contribution < 1.29 is 9.13 Å². The van der Waals surface area contributed by atoms with Crippen molar-refractivity contribution in [3.63, 3.8) is 0 Å². The van der Waals surface area contributed by atoms with Crippen LogP contribution in [0.25, 0.3) is 11.0 Å². The van der Waals surface area contributed by atoms with Crippen LogP contribution in [0.15, 0.2) is 29.3 Å². The number of ether oxygens (including phenoxy) is 1. The lowest BCUT2D eigenvalue weighted by molar-refractivity contribution is 0.183. The van der Waals surface area contributed by atoms with Gasteiger partial charge in [-0.3, -0.25) is 4.79 Å². The molecule has 3 aromatic rings. The van der Waals surface area contributed by atoms with Gasteiger partial charge in [0.2, 0.25) is 5.88 Å². The summed E-state index contributed by atoms with van der Waals surface area (Å²) in [6.07, 6.45) is 7.25. The first-order valence-electron chi connectivity index (χ1n) is 11.8. The van der Waals surface area contributed by atoms with E-state index in [9.17, 15) is 9.18 Å². The Morgan fingerprint density at radius 2 is 2.06 bits per heavy atom. The van der Waals surface area contributed by atoms with Crippen molar-refractivity contribution in [1.82, 2.24) is 29.7 Å². The van der Waals surface area contributed by atoms with Gasteiger partial charge in [0, 0.05) is 42.4 Å². The fourth-order valence-corrected chi connectivity index (χ4v) is 5.40. The van der Waals surface area contributed by atoms with E-state index in [-0.39, 0.29) is 17.3 Å². The van der Waals surface area contributed by atoms with E-state index in [1.165, 1.54) is 12.3 Å². The Labute approximate surface area is 190 Å². The first-order chi connectivity index (χ1) is 16.2. The van der Waals surface area contributed by atoms with Gasteiger partial charge in [-0.05, 0) is 50.9 Å². The molecule has 1 saturated heterocycles. The molecule has 8 nitrogen and oxygen atoms in total. The summed E-state index contributed by atoms with van der Waals surface area (Å²) in [5.41, 5.74) is 2.93. The lowest BCUT2D eigenvalue weighted by atomic mass is 9.97. The predicted octanol–water partition coefficient (Wildman–Crippen LogP) is 2.00. The van der Waals surface area contributed by atoms with Gasteiger partial charge in [-0.25, -0.2) is 14.4 Å².